The zero-order chi connectivity index (χ0) is 13.3. The Bertz CT molecular complexity index is 473. The summed E-state index contributed by atoms with van der Waals surface area (Å²) in [6, 6.07) is 11.4. The van der Waals surface area contributed by atoms with E-state index in [0.29, 0.717) is 6.61 Å². The summed E-state index contributed by atoms with van der Waals surface area (Å²) in [4.78, 5) is 4.07. The highest BCUT2D eigenvalue weighted by molar-refractivity contribution is 6.30. The monoisotopic (exact) mass is 276 g/mol. The second-order valence-corrected chi connectivity index (χ2v) is 4.63. The first-order valence-corrected chi connectivity index (χ1v) is 6.70. The molecule has 1 aromatic heterocycles. The fourth-order valence-electron chi connectivity index (χ4n) is 1.65. The minimum absolute atomic E-state index is 0.696. The third-order valence-corrected chi connectivity index (χ3v) is 2.88. The maximum Gasteiger partial charge on any atom is 0.119 e. The summed E-state index contributed by atoms with van der Waals surface area (Å²) in [5, 5.41) is 4.08. The molecule has 0 saturated carbocycles. The van der Waals surface area contributed by atoms with Crippen molar-refractivity contribution in [2.75, 3.05) is 13.2 Å². The Balaban J connectivity index is 1.56. The topological polar surface area (TPSA) is 34.1 Å². The molecule has 0 radical (unpaired) electrons. The van der Waals surface area contributed by atoms with Crippen molar-refractivity contribution in [1.82, 2.24) is 10.3 Å². The molecule has 0 amide bonds. The smallest absolute Gasteiger partial charge is 0.119 e. The second kappa shape index (κ2) is 7.77. The Kier molecular flexibility index (Phi) is 5.66. The van der Waals surface area contributed by atoms with E-state index in [9.17, 15) is 0 Å². The molecule has 2 rings (SSSR count). The Morgan fingerprint density at radius 3 is 2.74 bits per heavy atom. The molecule has 4 heteroatoms. The van der Waals surface area contributed by atoms with Gasteiger partial charge in [-0.3, -0.25) is 4.98 Å². The van der Waals surface area contributed by atoms with Crippen LogP contribution >= 0.6 is 11.6 Å². The van der Waals surface area contributed by atoms with E-state index < -0.39 is 0 Å². The number of rotatable bonds is 7. The number of pyridine rings is 1. The third kappa shape index (κ3) is 5.28. The zero-order valence-corrected chi connectivity index (χ0v) is 11.4. The number of halogens is 1. The van der Waals surface area contributed by atoms with Crippen LogP contribution in [0.5, 0.6) is 5.75 Å². The van der Waals surface area contributed by atoms with E-state index in [1.54, 1.807) is 6.20 Å². The van der Waals surface area contributed by atoms with Crippen molar-refractivity contribution < 1.29 is 4.74 Å². The first kappa shape index (κ1) is 13.8. The van der Waals surface area contributed by atoms with E-state index >= 15 is 0 Å². The lowest BCUT2D eigenvalue weighted by molar-refractivity contribution is 0.308. The number of ether oxygens (including phenoxy) is 1. The van der Waals surface area contributed by atoms with Gasteiger partial charge in [-0.15, -0.1) is 0 Å². The third-order valence-electron chi connectivity index (χ3n) is 2.63. The van der Waals surface area contributed by atoms with Gasteiger partial charge >= 0.3 is 0 Å². The van der Waals surface area contributed by atoms with Gasteiger partial charge in [0.1, 0.15) is 5.75 Å². The Hall–Kier alpha value is -1.58. The van der Waals surface area contributed by atoms with Crippen molar-refractivity contribution in [3.63, 3.8) is 0 Å². The van der Waals surface area contributed by atoms with Crippen molar-refractivity contribution in [2.45, 2.75) is 13.0 Å². The minimum atomic E-state index is 0.696. The van der Waals surface area contributed by atoms with E-state index in [4.69, 9.17) is 16.3 Å². The minimum Gasteiger partial charge on any atom is -0.494 e. The predicted octanol–water partition coefficient (Wildman–Crippen LogP) is 3.29. The van der Waals surface area contributed by atoms with Crippen LogP contribution in [0.3, 0.4) is 0 Å². The SMILES string of the molecule is Clc1ccc(OCCCNCc2cccnc2)cc1. The van der Waals surface area contributed by atoms with Crippen LogP contribution in [0.1, 0.15) is 12.0 Å². The summed E-state index contributed by atoms with van der Waals surface area (Å²) in [5.74, 6) is 0.858. The fraction of sp³-hybridized carbons (Fsp3) is 0.267. The van der Waals surface area contributed by atoms with Crippen LogP contribution in [0.4, 0.5) is 0 Å². The summed E-state index contributed by atoms with van der Waals surface area (Å²) < 4.78 is 5.60. The number of nitrogens with one attached hydrogen (secondary N) is 1. The number of hydrogen-bond donors (Lipinski definition) is 1. The standard InChI is InChI=1S/C15H17ClN2O/c16-14-4-6-15(7-5-14)19-10-2-9-18-12-13-3-1-8-17-11-13/h1,3-8,11,18H,2,9-10,12H2. The molecule has 100 valence electrons. The molecule has 0 saturated heterocycles. The largest absolute Gasteiger partial charge is 0.494 e. The molecule has 0 spiro atoms. The molecule has 1 N–H and O–H groups in total. The molecule has 0 atom stereocenters. The predicted molar refractivity (Wildman–Crippen MR) is 77.5 cm³/mol. The van der Waals surface area contributed by atoms with Crippen molar-refractivity contribution in [3.05, 3.63) is 59.4 Å². The van der Waals surface area contributed by atoms with Crippen LogP contribution in [0.2, 0.25) is 5.02 Å². The van der Waals surface area contributed by atoms with Crippen LogP contribution in [-0.4, -0.2) is 18.1 Å². The van der Waals surface area contributed by atoms with Gasteiger partial charge in [-0.25, -0.2) is 0 Å². The molecule has 0 aliphatic carbocycles. The van der Waals surface area contributed by atoms with E-state index in [1.165, 1.54) is 5.56 Å². The van der Waals surface area contributed by atoms with Crippen LogP contribution in [0, 0.1) is 0 Å². The van der Waals surface area contributed by atoms with Crippen molar-refractivity contribution in [3.8, 4) is 5.75 Å². The van der Waals surface area contributed by atoms with Crippen LogP contribution in [0.25, 0.3) is 0 Å². The van der Waals surface area contributed by atoms with Crippen molar-refractivity contribution >= 4 is 11.6 Å². The average Bonchev–Trinajstić information content (AvgIpc) is 2.46. The molecule has 0 bridgehead atoms. The number of aromatic nitrogens is 1. The van der Waals surface area contributed by atoms with Gasteiger partial charge in [0, 0.05) is 24.0 Å². The van der Waals surface area contributed by atoms with Crippen molar-refractivity contribution in [1.29, 1.82) is 0 Å². The van der Waals surface area contributed by atoms with E-state index in [-0.39, 0.29) is 0 Å². The van der Waals surface area contributed by atoms with E-state index in [1.807, 2.05) is 36.5 Å². The lowest BCUT2D eigenvalue weighted by Crippen LogP contribution is -2.17. The second-order valence-electron chi connectivity index (χ2n) is 4.19. The lowest BCUT2D eigenvalue weighted by Gasteiger charge is -2.07. The maximum atomic E-state index is 5.80. The molecule has 2 aromatic rings. The molecular formula is C15H17ClN2O. The van der Waals surface area contributed by atoms with Crippen LogP contribution in [0.15, 0.2) is 48.8 Å². The van der Waals surface area contributed by atoms with Crippen LogP contribution < -0.4 is 10.1 Å². The van der Waals surface area contributed by atoms with Gasteiger partial charge in [0.15, 0.2) is 0 Å². The molecule has 19 heavy (non-hydrogen) atoms. The number of hydrogen-bond acceptors (Lipinski definition) is 3. The summed E-state index contributed by atoms with van der Waals surface area (Å²) in [7, 11) is 0. The molecule has 0 fully saturated rings. The lowest BCUT2D eigenvalue weighted by atomic mass is 10.3. The van der Waals surface area contributed by atoms with Gasteiger partial charge in [0.2, 0.25) is 0 Å². The Morgan fingerprint density at radius 2 is 2.00 bits per heavy atom. The molecular weight excluding hydrogens is 260 g/mol. The van der Waals surface area contributed by atoms with Gasteiger partial charge < -0.3 is 10.1 Å². The zero-order valence-electron chi connectivity index (χ0n) is 10.7. The quantitative estimate of drug-likeness (QED) is 0.788. The molecule has 1 aromatic carbocycles. The normalized spacial score (nSPS) is 10.4. The highest BCUT2D eigenvalue weighted by atomic mass is 35.5. The summed E-state index contributed by atoms with van der Waals surface area (Å²) in [6.45, 7) is 2.46. The summed E-state index contributed by atoms with van der Waals surface area (Å²) >= 11 is 5.80. The fourth-order valence-corrected chi connectivity index (χ4v) is 1.78. The highest BCUT2D eigenvalue weighted by Gasteiger charge is 1.95. The summed E-state index contributed by atoms with van der Waals surface area (Å²) in [6.07, 6.45) is 4.61. The van der Waals surface area contributed by atoms with Gasteiger partial charge in [-0.2, -0.15) is 0 Å². The number of benzene rings is 1. The Morgan fingerprint density at radius 1 is 1.16 bits per heavy atom. The maximum absolute atomic E-state index is 5.80. The molecule has 0 aliphatic rings. The highest BCUT2D eigenvalue weighted by Crippen LogP contribution is 2.15. The van der Waals surface area contributed by atoms with Gasteiger partial charge in [-0.1, -0.05) is 17.7 Å². The summed E-state index contributed by atoms with van der Waals surface area (Å²) in [5.41, 5.74) is 1.20. The van der Waals surface area contributed by atoms with E-state index in [0.717, 1.165) is 30.3 Å². The number of nitrogens with zero attached hydrogens (tertiary/aromatic N) is 1. The van der Waals surface area contributed by atoms with Gasteiger partial charge in [-0.05, 0) is 48.9 Å². The first-order chi connectivity index (χ1) is 9.34. The molecule has 1 heterocycles. The first-order valence-electron chi connectivity index (χ1n) is 6.32. The van der Waals surface area contributed by atoms with Crippen molar-refractivity contribution in [2.24, 2.45) is 0 Å². The molecule has 0 unspecified atom stereocenters. The van der Waals surface area contributed by atoms with Gasteiger partial charge in [0.25, 0.3) is 0 Å². The Labute approximate surface area is 118 Å². The van der Waals surface area contributed by atoms with Gasteiger partial charge in [0.05, 0.1) is 6.61 Å². The van der Waals surface area contributed by atoms with Crippen LogP contribution in [-0.2, 0) is 6.54 Å². The molecule has 0 aliphatic heterocycles. The average molecular weight is 277 g/mol. The van der Waals surface area contributed by atoms with E-state index in [2.05, 4.69) is 16.4 Å². The molecule has 3 nitrogen and oxygen atoms in total.